The van der Waals surface area contributed by atoms with Gasteiger partial charge in [-0.15, -0.1) is 11.6 Å². The Hall–Kier alpha value is -0.490. The fourth-order valence-corrected chi connectivity index (χ4v) is 1.58. The fourth-order valence-electron chi connectivity index (χ4n) is 1.31. The standard InChI is InChI=1S/C12H17Cl/c1-10(2)8-9-12(13)11-6-4-3-5-7-11/h3-7,10,12H,8-9H2,1-2H3. The molecule has 0 spiro atoms. The van der Waals surface area contributed by atoms with Crippen molar-refractivity contribution in [2.45, 2.75) is 32.1 Å². The van der Waals surface area contributed by atoms with E-state index in [9.17, 15) is 0 Å². The topological polar surface area (TPSA) is 0 Å². The molecule has 72 valence electrons. The third kappa shape index (κ3) is 3.82. The van der Waals surface area contributed by atoms with E-state index in [-0.39, 0.29) is 5.38 Å². The molecule has 1 aromatic rings. The lowest BCUT2D eigenvalue weighted by molar-refractivity contribution is 0.549. The summed E-state index contributed by atoms with van der Waals surface area (Å²) in [4.78, 5) is 0. The SMILES string of the molecule is CC(C)CCC(Cl)c1ccccc1. The van der Waals surface area contributed by atoms with Crippen LogP contribution in [0.1, 0.15) is 37.6 Å². The third-order valence-electron chi connectivity index (χ3n) is 2.16. The van der Waals surface area contributed by atoms with Crippen molar-refractivity contribution in [3.63, 3.8) is 0 Å². The lowest BCUT2D eigenvalue weighted by atomic mass is 10.0. The van der Waals surface area contributed by atoms with Crippen molar-refractivity contribution >= 4 is 11.6 Å². The molecule has 0 aromatic heterocycles. The molecule has 0 saturated carbocycles. The van der Waals surface area contributed by atoms with E-state index in [0.717, 1.165) is 12.3 Å². The van der Waals surface area contributed by atoms with Crippen molar-refractivity contribution in [1.29, 1.82) is 0 Å². The fraction of sp³-hybridized carbons (Fsp3) is 0.500. The van der Waals surface area contributed by atoms with Crippen molar-refractivity contribution in [3.8, 4) is 0 Å². The lowest BCUT2D eigenvalue weighted by Gasteiger charge is -2.10. The van der Waals surface area contributed by atoms with Crippen LogP contribution in [0.4, 0.5) is 0 Å². The van der Waals surface area contributed by atoms with E-state index in [1.165, 1.54) is 12.0 Å². The van der Waals surface area contributed by atoms with Crippen LogP contribution in [0.2, 0.25) is 0 Å². The Kier molecular flexibility index (Phi) is 4.31. The number of benzene rings is 1. The smallest absolute Gasteiger partial charge is 0.0585 e. The summed E-state index contributed by atoms with van der Waals surface area (Å²) in [6, 6.07) is 10.3. The quantitative estimate of drug-likeness (QED) is 0.627. The molecule has 0 nitrogen and oxygen atoms in total. The highest BCUT2D eigenvalue weighted by Crippen LogP contribution is 2.26. The Bertz CT molecular complexity index is 228. The first-order chi connectivity index (χ1) is 6.20. The van der Waals surface area contributed by atoms with Gasteiger partial charge in [0, 0.05) is 0 Å². The maximum absolute atomic E-state index is 6.25. The zero-order chi connectivity index (χ0) is 9.68. The molecule has 1 heteroatoms. The molecule has 0 N–H and O–H groups in total. The summed E-state index contributed by atoms with van der Waals surface area (Å²) in [6.45, 7) is 4.46. The van der Waals surface area contributed by atoms with Gasteiger partial charge in [-0.05, 0) is 24.3 Å². The molecule has 1 unspecified atom stereocenters. The van der Waals surface area contributed by atoms with Gasteiger partial charge >= 0.3 is 0 Å². The van der Waals surface area contributed by atoms with Crippen molar-refractivity contribution < 1.29 is 0 Å². The van der Waals surface area contributed by atoms with Gasteiger partial charge in [0.2, 0.25) is 0 Å². The number of hydrogen-bond acceptors (Lipinski definition) is 0. The molecule has 0 fully saturated rings. The van der Waals surface area contributed by atoms with Crippen LogP contribution in [0.15, 0.2) is 30.3 Å². The molecule has 1 rings (SSSR count). The van der Waals surface area contributed by atoms with Crippen LogP contribution in [-0.4, -0.2) is 0 Å². The first-order valence-electron chi connectivity index (χ1n) is 4.89. The molecule has 1 atom stereocenters. The predicted molar refractivity (Wildman–Crippen MR) is 59.1 cm³/mol. The minimum atomic E-state index is 0.184. The van der Waals surface area contributed by atoms with Gasteiger partial charge < -0.3 is 0 Å². The van der Waals surface area contributed by atoms with Crippen LogP contribution in [0.25, 0.3) is 0 Å². The van der Waals surface area contributed by atoms with Crippen molar-refractivity contribution in [1.82, 2.24) is 0 Å². The number of halogens is 1. The van der Waals surface area contributed by atoms with Crippen molar-refractivity contribution in [3.05, 3.63) is 35.9 Å². The molecule has 0 heterocycles. The van der Waals surface area contributed by atoms with Gasteiger partial charge in [-0.1, -0.05) is 44.2 Å². The molecular formula is C12H17Cl. The van der Waals surface area contributed by atoms with Crippen LogP contribution in [0, 0.1) is 5.92 Å². The number of alkyl halides is 1. The summed E-state index contributed by atoms with van der Waals surface area (Å²) in [7, 11) is 0. The largest absolute Gasteiger partial charge is 0.118 e. The van der Waals surface area contributed by atoms with Crippen LogP contribution >= 0.6 is 11.6 Å². The summed E-state index contributed by atoms with van der Waals surface area (Å²) < 4.78 is 0. The Morgan fingerprint density at radius 3 is 2.23 bits per heavy atom. The second kappa shape index (κ2) is 5.29. The molecular weight excluding hydrogens is 180 g/mol. The minimum Gasteiger partial charge on any atom is -0.118 e. The summed E-state index contributed by atoms with van der Waals surface area (Å²) in [6.07, 6.45) is 2.27. The Morgan fingerprint density at radius 2 is 1.69 bits per heavy atom. The highest BCUT2D eigenvalue weighted by Gasteiger charge is 2.07. The van der Waals surface area contributed by atoms with E-state index in [1.54, 1.807) is 0 Å². The van der Waals surface area contributed by atoms with Gasteiger partial charge in [0.25, 0.3) is 0 Å². The Morgan fingerprint density at radius 1 is 1.08 bits per heavy atom. The van der Waals surface area contributed by atoms with Gasteiger partial charge in [0.15, 0.2) is 0 Å². The average Bonchev–Trinajstić information content (AvgIpc) is 2.15. The molecule has 0 amide bonds. The summed E-state index contributed by atoms with van der Waals surface area (Å²) in [5.74, 6) is 0.741. The molecule has 0 aliphatic heterocycles. The number of hydrogen-bond donors (Lipinski definition) is 0. The van der Waals surface area contributed by atoms with Gasteiger partial charge in [-0.2, -0.15) is 0 Å². The normalized spacial score (nSPS) is 13.2. The van der Waals surface area contributed by atoms with E-state index < -0.39 is 0 Å². The molecule has 0 aliphatic carbocycles. The maximum atomic E-state index is 6.25. The van der Waals surface area contributed by atoms with Crippen molar-refractivity contribution in [2.75, 3.05) is 0 Å². The summed E-state index contributed by atoms with van der Waals surface area (Å²) in [5, 5.41) is 0.184. The molecule has 0 bridgehead atoms. The highest BCUT2D eigenvalue weighted by atomic mass is 35.5. The third-order valence-corrected chi connectivity index (χ3v) is 2.63. The van der Waals surface area contributed by atoms with Crippen LogP contribution in [0.5, 0.6) is 0 Å². The first kappa shape index (κ1) is 10.6. The van der Waals surface area contributed by atoms with Crippen LogP contribution < -0.4 is 0 Å². The Balaban J connectivity index is 2.44. The zero-order valence-electron chi connectivity index (χ0n) is 8.33. The highest BCUT2D eigenvalue weighted by molar-refractivity contribution is 6.20. The van der Waals surface area contributed by atoms with Crippen LogP contribution in [0.3, 0.4) is 0 Å². The maximum Gasteiger partial charge on any atom is 0.0585 e. The second-order valence-electron chi connectivity index (χ2n) is 3.85. The van der Waals surface area contributed by atoms with E-state index in [0.29, 0.717) is 0 Å². The van der Waals surface area contributed by atoms with Gasteiger partial charge in [-0.25, -0.2) is 0 Å². The summed E-state index contributed by atoms with van der Waals surface area (Å²) in [5.41, 5.74) is 1.24. The lowest BCUT2D eigenvalue weighted by Crippen LogP contribution is -1.94. The number of rotatable bonds is 4. The van der Waals surface area contributed by atoms with E-state index in [1.807, 2.05) is 18.2 Å². The van der Waals surface area contributed by atoms with Gasteiger partial charge in [0.1, 0.15) is 0 Å². The van der Waals surface area contributed by atoms with E-state index in [2.05, 4.69) is 26.0 Å². The first-order valence-corrected chi connectivity index (χ1v) is 5.33. The molecule has 0 aliphatic rings. The van der Waals surface area contributed by atoms with Crippen molar-refractivity contribution in [2.24, 2.45) is 5.92 Å². The average molecular weight is 197 g/mol. The van der Waals surface area contributed by atoms with Crippen LogP contribution in [-0.2, 0) is 0 Å². The summed E-state index contributed by atoms with van der Waals surface area (Å²) >= 11 is 6.25. The molecule has 0 saturated heterocycles. The predicted octanol–water partition coefficient (Wildman–Crippen LogP) is 4.40. The zero-order valence-corrected chi connectivity index (χ0v) is 9.09. The van der Waals surface area contributed by atoms with Gasteiger partial charge in [-0.3, -0.25) is 0 Å². The minimum absolute atomic E-state index is 0.184. The Labute approximate surface area is 85.9 Å². The molecule has 0 radical (unpaired) electrons. The van der Waals surface area contributed by atoms with E-state index >= 15 is 0 Å². The monoisotopic (exact) mass is 196 g/mol. The van der Waals surface area contributed by atoms with E-state index in [4.69, 9.17) is 11.6 Å². The van der Waals surface area contributed by atoms with Gasteiger partial charge in [0.05, 0.1) is 5.38 Å². The molecule has 1 aromatic carbocycles. The molecule has 13 heavy (non-hydrogen) atoms. The second-order valence-corrected chi connectivity index (χ2v) is 4.38.